The average molecular weight is 393 g/mol. The van der Waals surface area contributed by atoms with Crippen molar-refractivity contribution in [2.75, 3.05) is 24.5 Å². The third kappa shape index (κ3) is 4.24. The average Bonchev–Trinajstić information content (AvgIpc) is 3.02. The lowest BCUT2D eigenvalue weighted by atomic mass is 10.2. The van der Waals surface area contributed by atoms with Gasteiger partial charge in [-0.05, 0) is 45.0 Å². The van der Waals surface area contributed by atoms with Gasteiger partial charge < -0.3 is 19.5 Å². The number of nitrogens with one attached hydrogen (secondary N) is 1. The molecule has 0 bridgehead atoms. The monoisotopic (exact) mass is 393 g/mol. The summed E-state index contributed by atoms with van der Waals surface area (Å²) in [6.45, 7) is 8.93. The Kier molecular flexibility index (Phi) is 5.49. The fourth-order valence-electron chi connectivity index (χ4n) is 3.93. The zero-order valence-electron chi connectivity index (χ0n) is 17.1. The number of carbonyl (C=O) groups is 1. The molecule has 7 heteroatoms. The van der Waals surface area contributed by atoms with E-state index in [4.69, 9.17) is 4.74 Å². The van der Waals surface area contributed by atoms with Gasteiger partial charge in [-0.2, -0.15) is 0 Å². The lowest BCUT2D eigenvalue weighted by Gasteiger charge is -2.36. The van der Waals surface area contributed by atoms with E-state index in [-0.39, 0.29) is 18.1 Å². The van der Waals surface area contributed by atoms with E-state index in [0.29, 0.717) is 18.7 Å². The Balaban J connectivity index is 1.36. The van der Waals surface area contributed by atoms with Gasteiger partial charge in [-0.3, -0.25) is 4.79 Å². The van der Waals surface area contributed by atoms with Crippen molar-refractivity contribution in [2.24, 2.45) is 0 Å². The van der Waals surface area contributed by atoms with Crippen molar-refractivity contribution >= 4 is 22.8 Å². The molecule has 7 nitrogen and oxygen atoms in total. The molecule has 1 aliphatic heterocycles. The number of fused-ring (bicyclic) bond motifs is 1. The first-order valence-corrected chi connectivity index (χ1v) is 10.1. The molecule has 0 aliphatic carbocycles. The van der Waals surface area contributed by atoms with E-state index >= 15 is 0 Å². The molecule has 152 valence electrons. The second-order valence-corrected chi connectivity index (χ2v) is 7.62. The smallest absolute Gasteiger partial charge is 0.252 e. The summed E-state index contributed by atoms with van der Waals surface area (Å²) in [5.74, 6) is 1.71. The Labute approximate surface area is 170 Å². The molecule has 1 aliphatic rings. The Hall–Kier alpha value is -2.93. The Morgan fingerprint density at radius 1 is 1.17 bits per heavy atom. The van der Waals surface area contributed by atoms with Crippen LogP contribution in [-0.4, -0.2) is 52.3 Å². The summed E-state index contributed by atoms with van der Waals surface area (Å²) in [5.41, 5.74) is 2.62. The molecule has 4 rings (SSSR count). The van der Waals surface area contributed by atoms with Crippen LogP contribution in [0.3, 0.4) is 0 Å². The third-order valence-electron chi connectivity index (χ3n) is 5.22. The highest BCUT2D eigenvalue weighted by molar-refractivity contribution is 5.94. The molecule has 1 amide bonds. The predicted octanol–water partition coefficient (Wildman–Crippen LogP) is 2.78. The normalized spacial score (nSPS) is 19.5. The number of amides is 1. The molecule has 2 atom stereocenters. The van der Waals surface area contributed by atoms with E-state index in [1.54, 1.807) is 6.20 Å². The number of pyridine rings is 1. The van der Waals surface area contributed by atoms with E-state index in [9.17, 15) is 4.79 Å². The topological polar surface area (TPSA) is 72.3 Å². The van der Waals surface area contributed by atoms with Crippen LogP contribution in [-0.2, 0) is 11.3 Å². The molecular formula is C22H27N5O2. The number of aromatic nitrogens is 3. The molecule has 2 aromatic heterocycles. The largest absolute Gasteiger partial charge is 0.372 e. The summed E-state index contributed by atoms with van der Waals surface area (Å²) in [4.78, 5) is 23.8. The molecule has 0 unspecified atom stereocenters. The van der Waals surface area contributed by atoms with Crippen LogP contribution in [0.4, 0.5) is 5.82 Å². The number of nitrogens with zero attached hydrogens (tertiary/aromatic N) is 4. The van der Waals surface area contributed by atoms with Gasteiger partial charge in [0.25, 0.3) is 5.91 Å². The first-order chi connectivity index (χ1) is 14.0. The maximum atomic E-state index is 12.5. The van der Waals surface area contributed by atoms with Crippen LogP contribution < -0.4 is 10.2 Å². The minimum absolute atomic E-state index is 0.116. The van der Waals surface area contributed by atoms with Gasteiger partial charge in [0.05, 0.1) is 28.8 Å². The summed E-state index contributed by atoms with van der Waals surface area (Å²) < 4.78 is 7.89. The molecule has 3 heterocycles. The second kappa shape index (κ2) is 8.21. The number of anilines is 1. The lowest BCUT2D eigenvalue weighted by Crippen LogP contribution is -2.45. The molecule has 1 saturated heterocycles. The summed E-state index contributed by atoms with van der Waals surface area (Å²) in [6.07, 6.45) is 1.99. The Morgan fingerprint density at radius 3 is 2.66 bits per heavy atom. The van der Waals surface area contributed by atoms with E-state index in [2.05, 4.69) is 38.6 Å². The van der Waals surface area contributed by atoms with E-state index in [1.165, 1.54) is 0 Å². The van der Waals surface area contributed by atoms with Crippen molar-refractivity contribution in [1.82, 2.24) is 19.9 Å². The number of rotatable bonds is 5. The van der Waals surface area contributed by atoms with E-state index in [1.807, 2.05) is 43.3 Å². The summed E-state index contributed by atoms with van der Waals surface area (Å²) >= 11 is 0. The van der Waals surface area contributed by atoms with Crippen LogP contribution >= 0.6 is 0 Å². The summed E-state index contributed by atoms with van der Waals surface area (Å²) in [5, 5.41) is 2.98. The standard InChI is InChI=1S/C22H27N5O2/c1-15-13-26(14-16(2)29-15)21-9-8-18(12-24-21)22(28)23-10-11-27-17(3)25-19-6-4-5-7-20(19)27/h4-9,12,15-16H,10-11,13-14H2,1-3H3,(H,23,28)/t15-,16+. The number of para-hydroxylation sites is 2. The van der Waals surface area contributed by atoms with E-state index in [0.717, 1.165) is 35.8 Å². The van der Waals surface area contributed by atoms with Gasteiger partial charge in [0.1, 0.15) is 11.6 Å². The molecule has 0 saturated carbocycles. The molecule has 0 spiro atoms. The highest BCUT2D eigenvalue weighted by Gasteiger charge is 2.23. The molecule has 1 fully saturated rings. The van der Waals surface area contributed by atoms with Gasteiger partial charge in [-0.15, -0.1) is 0 Å². The van der Waals surface area contributed by atoms with Crippen molar-refractivity contribution in [1.29, 1.82) is 0 Å². The summed E-state index contributed by atoms with van der Waals surface area (Å²) in [7, 11) is 0. The number of morpholine rings is 1. The first kappa shape index (κ1) is 19.4. The van der Waals surface area contributed by atoms with Gasteiger partial charge in [-0.25, -0.2) is 9.97 Å². The number of imidazole rings is 1. The number of benzene rings is 1. The highest BCUT2D eigenvalue weighted by Crippen LogP contribution is 2.18. The summed E-state index contributed by atoms with van der Waals surface area (Å²) in [6, 6.07) is 11.8. The van der Waals surface area contributed by atoms with Crippen molar-refractivity contribution in [2.45, 2.75) is 39.5 Å². The zero-order valence-corrected chi connectivity index (χ0v) is 17.1. The van der Waals surface area contributed by atoms with Crippen LogP contribution in [0.5, 0.6) is 0 Å². The number of ether oxygens (including phenoxy) is 1. The first-order valence-electron chi connectivity index (χ1n) is 10.1. The second-order valence-electron chi connectivity index (χ2n) is 7.62. The molecule has 1 aromatic carbocycles. The molecule has 1 N–H and O–H groups in total. The van der Waals surface area contributed by atoms with Gasteiger partial charge in [0.2, 0.25) is 0 Å². The van der Waals surface area contributed by atoms with Crippen LogP contribution in [0, 0.1) is 6.92 Å². The van der Waals surface area contributed by atoms with Gasteiger partial charge >= 0.3 is 0 Å². The third-order valence-corrected chi connectivity index (χ3v) is 5.22. The number of aryl methyl sites for hydroxylation is 1. The Bertz CT molecular complexity index is 988. The quantitative estimate of drug-likeness (QED) is 0.722. The van der Waals surface area contributed by atoms with Gasteiger partial charge in [-0.1, -0.05) is 12.1 Å². The Morgan fingerprint density at radius 2 is 1.93 bits per heavy atom. The fourth-order valence-corrected chi connectivity index (χ4v) is 3.93. The predicted molar refractivity (Wildman–Crippen MR) is 113 cm³/mol. The minimum atomic E-state index is -0.116. The van der Waals surface area contributed by atoms with E-state index < -0.39 is 0 Å². The van der Waals surface area contributed by atoms with Gasteiger partial charge in [0.15, 0.2) is 0 Å². The highest BCUT2D eigenvalue weighted by atomic mass is 16.5. The number of carbonyl (C=O) groups excluding carboxylic acids is 1. The molecule has 29 heavy (non-hydrogen) atoms. The van der Waals surface area contributed by atoms with Crippen LogP contribution in [0.2, 0.25) is 0 Å². The zero-order chi connectivity index (χ0) is 20.4. The molecule has 3 aromatic rings. The van der Waals surface area contributed by atoms with Crippen molar-refractivity contribution in [3.63, 3.8) is 0 Å². The van der Waals surface area contributed by atoms with Gasteiger partial charge in [0, 0.05) is 32.4 Å². The lowest BCUT2D eigenvalue weighted by molar-refractivity contribution is -0.00546. The maximum Gasteiger partial charge on any atom is 0.252 e. The number of hydrogen-bond donors (Lipinski definition) is 1. The van der Waals surface area contributed by atoms with Crippen molar-refractivity contribution in [3.8, 4) is 0 Å². The van der Waals surface area contributed by atoms with Crippen LogP contribution in [0.15, 0.2) is 42.6 Å². The fraction of sp³-hybridized carbons (Fsp3) is 0.409. The van der Waals surface area contributed by atoms with Crippen molar-refractivity contribution in [3.05, 3.63) is 54.0 Å². The van der Waals surface area contributed by atoms with Crippen LogP contribution in [0.25, 0.3) is 11.0 Å². The van der Waals surface area contributed by atoms with Crippen molar-refractivity contribution < 1.29 is 9.53 Å². The number of hydrogen-bond acceptors (Lipinski definition) is 5. The maximum absolute atomic E-state index is 12.5. The SMILES string of the molecule is Cc1nc2ccccc2n1CCNC(=O)c1ccc(N2C[C@@H](C)O[C@@H](C)C2)nc1. The molecule has 0 radical (unpaired) electrons. The van der Waals surface area contributed by atoms with Crippen LogP contribution in [0.1, 0.15) is 30.0 Å². The molecular weight excluding hydrogens is 366 g/mol. The minimum Gasteiger partial charge on any atom is -0.372 e.